The van der Waals surface area contributed by atoms with Crippen LogP contribution in [-0.2, 0) is 0 Å². The van der Waals surface area contributed by atoms with E-state index in [1.165, 1.54) is 13.2 Å². The van der Waals surface area contributed by atoms with Crippen molar-refractivity contribution in [1.29, 1.82) is 0 Å². The van der Waals surface area contributed by atoms with Crippen molar-refractivity contribution < 1.29 is 14.2 Å². The van der Waals surface area contributed by atoms with Crippen molar-refractivity contribution >= 4 is 0 Å². The lowest BCUT2D eigenvalue weighted by Crippen LogP contribution is -2.46. The average Bonchev–Trinajstić information content (AvgIpc) is 2.42. The fraction of sp³-hybridized carbons (Fsp3) is 0.538. The van der Waals surface area contributed by atoms with Crippen LogP contribution in [0.4, 0.5) is 4.39 Å². The van der Waals surface area contributed by atoms with Crippen LogP contribution in [-0.4, -0.2) is 49.9 Å². The number of halogens is 1. The molecule has 0 amide bonds. The fourth-order valence-corrected chi connectivity index (χ4v) is 2.31. The third-order valence-corrected chi connectivity index (χ3v) is 3.33. The number of rotatable bonds is 4. The summed E-state index contributed by atoms with van der Waals surface area (Å²) >= 11 is 0. The minimum Gasteiger partial charge on any atom is -0.497 e. The van der Waals surface area contributed by atoms with E-state index in [0.29, 0.717) is 11.3 Å². The molecule has 1 aliphatic heterocycles. The Labute approximate surface area is 106 Å². The van der Waals surface area contributed by atoms with Gasteiger partial charge in [-0.2, -0.15) is 0 Å². The first-order valence-corrected chi connectivity index (χ1v) is 6.15. The monoisotopic (exact) mass is 254 g/mol. The molecule has 1 heterocycles. The highest BCUT2D eigenvalue weighted by Crippen LogP contribution is 2.26. The molecule has 4 nitrogen and oxygen atoms in total. The van der Waals surface area contributed by atoms with Crippen LogP contribution in [0.5, 0.6) is 5.75 Å². The Hall–Kier alpha value is -1.17. The highest BCUT2D eigenvalue weighted by atomic mass is 19.1. The van der Waals surface area contributed by atoms with Crippen LogP contribution in [0.25, 0.3) is 0 Å². The second kappa shape index (κ2) is 6.13. The smallest absolute Gasteiger partial charge is 0.131 e. The molecule has 0 aromatic heterocycles. The van der Waals surface area contributed by atoms with Gasteiger partial charge in [0.1, 0.15) is 11.6 Å². The summed E-state index contributed by atoms with van der Waals surface area (Å²) in [5.41, 5.74) is 0.528. The maximum atomic E-state index is 14.0. The molecule has 5 heteroatoms. The van der Waals surface area contributed by atoms with Crippen LogP contribution < -0.4 is 10.1 Å². The van der Waals surface area contributed by atoms with Gasteiger partial charge < -0.3 is 15.2 Å². The predicted molar refractivity (Wildman–Crippen MR) is 67.2 cm³/mol. The maximum Gasteiger partial charge on any atom is 0.131 e. The minimum atomic E-state index is -0.327. The number of aliphatic hydroxyl groups excluding tert-OH is 1. The van der Waals surface area contributed by atoms with Gasteiger partial charge in [0.25, 0.3) is 0 Å². The maximum absolute atomic E-state index is 14.0. The molecule has 2 N–H and O–H groups in total. The van der Waals surface area contributed by atoms with Gasteiger partial charge in [-0.15, -0.1) is 0 Å². The standard InChI is InChI=1S/C13H19FN2O2/c1-18-10-2-3-11(12(14)8-10)13(9-17)16-6-4-15-5-7-16/h2-3,8,13,15,17H,4-7,9H2,1H3/t13-/m0/s1. The molecule has 1 atom stereocenters. The van der Waals surface area contributed by atoms with E-state index in [-0.39, 0.29) is 18.5 Å². The lowest BCUT2D eigenvalue weighted by Gasteiger charge is -2.34. The lowest BCUT2D eigenvalue weighted by atomic mass is 10.0. The van der Waals surface area contributed by atoms with E-state index >= 15 is 0 Å². The van der Waals surface area contributed by atoms with Crippen LogP contribution in [0.1, 0.15) is 11.6 Å². The van der Waals surface area contributed by atoms with Gasteiger partial charge in [0, 0.05) is 37.8 Å². The normalized spacial score (nSPS) is 18.6. The Morgan fingerprint density at radius 2 is 2.17 bits per heavy atom. The molecule has 0 radical (unpaired) electrons. The molecule has 0 saturated carbocycles. The zero-order chi connectivity index (χ0) is 13.0. The van der Waals surface area contributed by atoms with E-state index in [9.17, 15) is 9.50 Å². The topological polar surface area (TPSA) is 44.7 Å². The molecule has 1 saturated heterocycles. The van der Waals surface area contributed by atoms with E-state index in [4.69, 9.17) is 4.74 Å². The third-order valence-electron chi connectivity index (χ3n) is 3.33. The van der Waals surface area contributed by atoms with Gasteiger partial charge in [-0.3, -0.25) is 4.90 Å². The second-order valence-corrected chi connectivity index (χ2v) is 4.37. The van der Waals surface area contributed by atoms with E-state index in [1.807, 2.05) is 0 Å². The van der Waals surface area contributed by atoms with Gasteiger partial charge in [-0.25, -0.2) is 4.39 Å². The number of hydrogen-bond acceptors (Lipinski definition) is 4. The zero-order valence-corrected chi connectivity index (χ0v) is 10.5. The third kappa shape index (κ3) is 2.80. The van der Waals surface area contributed by atoms with Crippen LogP contribution in [0.3, 0.4) is 0 Å². The van der Waals surface area contributed by atoms with Crippen molar-refractivity contribution in [2.24, 2.45) is 0 Å². The molecule has 18 heavy (non-hydrogen) atoms. The molecule has 100 valence electrons. The number of nitrogens with zero attached hydrogens (tertiary/aromatic N) is 1. The average molecular weight is 254 g/mol. The number of hydrogen-bond donors (Lipinski definition) is 2. The molecule has 1 aliphatic rings. The SMILES string of the molecule is COc1ccc([C@H](CO)N2CCNCC2)c(F)c1. The van der Waals surface area contributed by atoms with Crippen molar-refractivity contribution in [2.75, 3.05) is 39.9 Å². The van der Waals surface area contributed by atoms with Gasteiger partial charge >= 0.3 is 0 Å². The summed E-state index contributed by atoms with van der Waals surface area (Å²) in [6.45, 7) is 3.29. The largest absolute Gasteiger partial charge is 0.497 e. The van der Waals surface area contributed by atoms with Gasteiger partial charge in [0.15, 0.2) is 0 Å². The number of benzene rings is 1. The van der Waals surface area contributed by atoms with Crippen LogP contribution in [0.15, 0.2) is 18.2 Å². The van der Waals surface area contributed by atoms with Gasteiger partial charge in [-0.05, 0) is 6.07 Å². The van der Waals surface area contributed by atoms with Crippen molar-refractivity contribution in [2.45, 2.75) is 6.04 Å². The van der Waals surface area contributed by atoms with Gasteiger partial charge in [0.2, 0.25) is 0 Å². The van der Waals surface area contributed by atoms with Crippen molar-refractivity contribution in [1.82, 2.24) is 10.2 Å². The summed E-state index contributed by atoms with van der Waals surface area (Å²) in [7, 11) is 1.51. The Balaban J connectivity index is 2.20. The van der Waals surface area contributed by atoms with E-state index < -0.39 is 0 Å². The summed E-state index contributed by atoms with van der Waals surface area (Å²) in [5, 5.41) is 12.8. The molecule has 0 aliphatic carbocycles. The van der Waals surface area contributed by atoms with Crippen LogP contribution in [0.2, 0.25) is 0 Å². The van der Waals surface area contributed by atoms with Gasteiger partial charge in [-0.1, -0.05) is 6.07 Å². The molecular formula is C13H19FN2O2. The summed E-state index contributed by atoms with van der Waals surface area (Å²) in [4.78, 5) is 2.10. The quantitative estimate of drug-likeness (QED) is 0.833. The first kappa shape index (κ1) is 13.3. The number of methoxy groups -OCH3 is 1. The molecule has 2 rings (SSSR count). The number of piperazine rings is 1. The van der Waals surface area contributed by atoms with Crippen LogP contribution >= 0.6 is 0 Å². The highest BCUT2D eigenvalue weighted by molar-refractivity contribution is 5.31. The van der Waals surface area contributed by atoms with E-state index in [1.54, 1.807) is 12.1 Å². The number of ether oxygens (including phenoxy) is 1. The fourth-order valence-electron chi connectivity index (χ4n) is 2.31. The van der Waals surface area contributed by atoms with Crippen LogP contribution in [0, 0.1) is 5.82 Å². The first-order chi connectivity index (χ1) is 8.76. The molecular weight excluding hydrogens is 235 g/mol. The minimum absolute atomic E-state index is 0.0801. The Morgan fingerprint density at radius 1 is 1.44 bits per heavy atom. The van der Waals surface area contributed by atoms with Crippen molar-refractivity contribution in [3.63, 3.8) is 0 Å². The highest BCUT2D eigenvalue weighted by Gasteiger charge is 2.24. The van der Waals surface area contributed by atoms with Crippen molar-refractivity contribution in [3.8, 4) is 5.75 Å². The molecule has 0 bridgehead atoms. The number of aliphatic hydroxyl groups is 1. The van der Waals surface area contributed by atoms with E-state index in [0.717, 1.165) is 26.2 Å². The lowest BCUT2D eigenvalue weighted by molar-refractivity contribution is 0.108. The van der Waals surface area contributed by atoms with E-state index in [2.05, 4.69) is 10.2 Å². The van der Waals surface area contributed by atoms with Gasteiger partial charge in [0.05, 0.1) is 19.8 Å². The molecule has 1 aromatic rings. The first-order valence-electron chi connectivity index (χ1n) is 6.15. The summed E-state index contributed by atoms with van der Waals surface area (Å²) in [6.07, 6.45) is 0. The Morgan fingerprint density at radius 3 is 2.72 bits per heavy atom. The summed E-state index contributed by atoms with van der Waals surface area (Å²) in [6, 6.07) is 4.50. The summed E-state index contributed by atoms with van der Waals surface area (Å²) in [5.74, 6) is 0.167. The Kier molecular flexibility index (Phi) is 4.52. The summed E-state index contributed by atoms with van der Waals surface area (Å²) < 4.78 is 19.0. The number of nitrogens with one attached hydrogen (secondary N) is 1. The zero-order valence-electron chi connectivity index (χ0n) is 10.5. The molecule has 1 fully saturated rings. The Bertz CT molecular complexity index is 395. The molecule has 1 aromatic carbocycles. The molecule has 0 unspecified atom stereocenters. The second-order valence-electron chi connectivity index (χ2n) is 4.37. The molecule has 0 spiro atoms. The predicted octanol–water partition coefficient (Wildman–Crippen LogP) is 0.773. The van der Waals surface area contributed by atoms with Crippen molar-refractivity contribution in [3.05, 3.63) is 29.6 Å².